The Morgan fingerprint density at radius 1 is 1.25 bits per heavy atom. The number of nitrogens with zero attached hydrogens (tertiary/aromatic N) is 2. The van der Waals surface area contributed by atoms with Gasteiger partial charge < -0.3 is 9.55 Å². The maximum absolute atomic E-state index is 4.22. The van der Waals surface area contributed by atoms with E-state index in [0.29, 0.717) is 0 Å². The number of benzene rings is 1. The largest absolute Gasteiger partial charge is 0.353 e. The zero-order valence-electron chi connectivity index (χ0n) is 8.77. The Kier molecular flexibility index (Phi) is 1.41. The van der Waals surface area contributed by atoms with E-state index in [0.717, 1.165) is 13.0 Å². The lowest BCUT2D eigenvalue weighted by molar-refractivity contribution is 0.685. The fourth-order valence-electron chi connectivity index (χ4n) is 2.62. The van der Waals surface area contributed by atoms with Gasteiger partial charge >= 0.3 is 0 Å². The zero-order valence-corrected chi connectivity index (χ0v) is 8.77. The van der Waals surface area contributed by atoms with Gasteiger partial charge in [0.2, 0.25) is 0 Å². The van der Waals surface area contributed by atoms with Crippen LogP contribution in [0.3, 0.4) is 0 Å². The first-order chi connectivity index (χ1) is 7.93. The number of para-hydroxylation sites is 1. The minimum Gasteiger partial charge on any atom is -0.353 e. The Balaban J connectivity index is 2.13. The molecule has 1 aliphatic heterocycles. The lowest BCUT2D eigenvalue weighted by atomic mass is 10.0. The molecule has 3 aromatic rings. The van der Waals surface area contributed by atoms with Crippen LogP contribution < -0.4 is 0 Å². The van der Waals surface area contributed by atoms with Crippen molar-refractivity contribution in [1.29, 1.82) is 0 Å². The smallest absolute Gasteiger partial charge is 0.0951 e. The highest BCUT2D eigenvalue weighted by Crippen LogP contribution is 2.33. The number of rotatable bonds is 0. The van der Waals surface area contributed by atoms with Crippen molar-refractivity contribution >= 4 is 10.9 Å². The van der Waals surface area contributed by atoms with Crippen molar-refractivity contribution in [3.63, 3.8) is 0 Å². The molecule has 0 aliphatic carbocycles. The van der Waals surface area contributed by atoms with Crippen molar-refractivity contribution < 1.29 is 0 Å². The molecule has 0 unspecified atom stereocenters. The van der Waals surface area contributed by atoms with Crippen molar-refractivity contribution in [3.05, 3.63) is 42.4 Å². The predicted molar refractivity (Wildman–Crippen MR) is 63.2 cm³/mol. The molecule has 3 heterocycles. The molecule has 0 amide bonds. The van der Waals surface area contributed by atoms with Crippen LogP contribution in [0.5, 0.6) is 0 Å². The van der Waals surface area contributed by atoms with Crippen LogP contribution in [0.1, 0.15) is 5.56 Å². The van der Waals surface area contributed by atoms with Gasteiger partial charge in [0.1, 0.15) is 0 Å². The summed E-state index contributed by atoms with van der Waals surface area (Å²) >= 11 is 0. The molecule has 0 radical (unpaired) electrons. The van der Waals surface area contributed by atoms with Gasteiger partial charge in [-0.3, -0.25) is 0 Å². The number of aryl methyl sites for hydroxylation is 2. The summed E-state index contributed by atoms with van der Waals surface area (Å²) in [6.45, 7) is 1.03. The first kappa shape index (κ1) is 8.16. The number of hydrogen-bond acceptors (Lipinski definition) is 1. The SMILES string of the molecule is c1ccc2c3c([nH]c2c1)-c1cncn1CC3. The summed E-state index contributed by atoms with van der Waals surface area (Å²) in [6, 6.07) is 8.50. The van der Waals surface area contributed by atoms with Gasteiger partial charge in [0.15, 0.2) is 0 Å². The van der Waals surface area contributed by atoms with E-state index in [-0.39, 0.29) is 0 Å². The van der Waals surface area contributed by atoms with Gasteiger partial charge in [0.25, 0.3) is 0 Å². The zero-order chi connectivity index (χ0) is 10.5. The molecular formula is C13H11N3. The fraction of sp³-hybridized carbons (Fsp3) is 0.154. The van der Waals surface area contributed by atoms with E-state index < -0.39 is 0 Å². The van der Waals surface area contributed by atoms with E-state index in [4.69, 9.17) is 0 Å². The first-order valence-corrected chi connectivity index (χ1v) is 5.53. The van der Waals surface area contributed by atoms with Gasteiger partial charge in [0, 0.05) is 17.4 Å². The highest BCUT2D eigenvalue weighted by Gasteiger charge is 2.19. The third-order valence-corrected chi connectivity index (χ3v) is 3.38. The quantitative estimate of drug-likeness (QED) is 0.606. The predicted octanol–water partition coefficient (Wildman–Crippen LogP) is 2.59. The average Bonchev–Trinajstić information content (AvgIpc) is 2.92. The van der Waals surface area contributed by atoms with E-state index in [1.54, 1.807) is 0 Å². The van der Waals surface area contributed by atoms with Gasteiger partial charge in [-0.1, -0.05) is 18.2 Å². The Bertz CT molecular complexity index is 675. The number of fused-ring (bicyclic) bond motifs is 5. The molecular weight excluding hydrogens is 198 g/mol. The Hall–Kier alpha value is -2.03. The molecule has 0 saturated carbocycles. The van der Waals surface area contributed by atoms with Crippen molar-refractivity contribution in [3.8, 4) is 11.4 Å². The highest BCUT2D eigenvalue weighted by atomic mass is 15.1. The summed E-state index contributed by atoms with van der Waals surface area (Å²) in [4.78, 5) is 7.71. The van der Waals surface area contributed by atoms with Crippen molar-refractivity contribution in [1.82, 2.24) is 14.5 Å². The molecule has 1 aromatic carbocycles. The van der Waals surface area contributed by atoms with Crippen molar-refractivity contribution in [2.75, 3.05) is 0 Å². The van der Waals surface area contributed by atoms with Crippen LogP contribution in [0.4, 0.5) is 0 Å². The second-order valence-corrected chi connectivity index (χ2v) is 4.25. The van der Waals surface area contributed by atoms with Gasteiger partial charge in [0.05, 0.1) is 23.9 Å². The van der Waals surface area contributed by atoms with Crippen molar-refractivity contribution in [2.24, 2.45) is 0 Å². The monoisotopic (exact) mass is 209 g/mol. The van der Waals surface area contributed by atoms with Crippen LogP contribution in [0.2, 0.25) is 0 Å². The van der Waals surface area contributed by atoms with Crippen molar-refractivity contribution in [2.45, 2.75) is 13.0 Å². The maximum atomic E-state index is 4.22. The molecule has 1 aliphatic rings. The number of imidazole rings is 1. The molecule has 2 aromatic heterocycles. The molecule has 0 atom stereocenters. The Morgan fingerprint density at radius 3 is 3.19 bits per heavy atom. The van der Waals surface area contributed by atoms with Crippen LogP contribution in [0.25, 0.3) is 22.3 Å². The van der Waals surface area contributed by atoms with Gasteiger partial charge in [-0.25, -0.2) is 4.98 Å². The van der Waals surface area contributed by atoms with Crippen LogP contribution in [0.15, 0.2) is 36.8 Å². The van der Waals surface area contributed by atoms with E-state index in [1.807, 2.05) is 12.5 Å². The standard InChI is InChI=1S/C13H11N3/c1-2-4-11-9(3-1)10-5-6-16-8-14-7-12(16)13(10)15-11/h1-4,7-8,15H,5-6H2. The normalized spacial score (nSPS) is 13.8. The van der Waals surface area contributed by atoms with Crippen LogP contribution in [0, 0.1) is 0 Å². The van der Waals surface area contributed by atoms with Crippen LogP contribution in [-0.4, -0.2) is 14.5 Å². The summed E-state index contributed by atoms with van der Waals surface area (Å²) in [5.74, 6) is 0. The number of aromatic amines is 1. The van der Waals surface area contributed by atoms with Crippen LogP contribution in [-0.2, 0) is 13.0 Å². The summed E-state index contributed by atoms with van der Waals surface area (Å²) in [5.41, 5.74) is 5.10. The second-order valence-electron chi connectivity index (χ2n) is 4.25. The Labute approximate surface area is 92.7 Å². The fourth-order valence-corrected chi connectivity index (χ4v) is 2.62. The number of aromatic nitrogens is 3. The lowest BCUT2D eigenvalue weighted by Gasteiger charge is -2.14. The third-order valence-electron chi connectivity index (χ3n) is 3.38. The molecule has 0 spiro atoms. The molecule has 0 fully saturated rings. The number of H-pyrrole nitrogens is 1. The molecule has 78 valence electrons. The number of hydrogen-bond donors (Lipinski definition) is 1. The number of nitrogens with one attached hydrogen (secondary N) is 1. The summed E-state index contributed by atoms with van der Waals surface area (Å²) in [6.07, 6.45) is 4.93. The van der Waals surface area contributed by atoms with E-state index in [9.17, 15) is 0 Å². The third kappa shape index (κ3) is 0.902. The molecule has 3 heteroatoms. The van der Waals surface area contributed by atoms with E-state index >= 15 is 0 Å². The molecule has 16 heavy (non-hydrogen) atoms. The molecule has 0 saturated heterocycles. The van der Waals surface area contributed by atoms with Gasteiger partial charge in [-0.15, -0.1) is 0 Å². The molecule has 4 rings (SSSR count). The lowest BCUT2D eigenvalue weighted by Crippen LogP contribution is -2.08. The topological polar surface area (TPSA) is 33.6 Å². The van der Waals surface area contributed by atoms with Gasteiger partial charge in [-0.2, -0.15) is 0 Å². The average molecular weight is 209 g/mol. The molecule has 1 N–H and O–H groups in total. The maximum Gasteiger partial charge on any atom is 0.0951 e. The summed E-state index contributed by atoms with van der Waals surface area (Å²) in [5, 5.41) is 1.35. The first-order valence-electron chi connectivity index (χ1n) is 5.53. The minimum atomic E-state index is 1.03. The van der Waals surface area contributed by atoms with E-state index in [2.05, 4.69) is 38.8 Å². The summed E-state index contributed by atoms with van der Waals surface area (Å²) < 4.78 is 2.21. The second kappa shape index (κ2) is 2.76. The Morgan fingerprint density at radius 2 is 2.19 bits per heavy atom. The highest BCUT2D eigenvalue weighted by molar-refractivity contribution is 5.90. The summed E-state index contributed by atoms with van der Waals surface area (Å²) in [7, 11) is 0. The van der Waals surface area contributed by atoms with E-state index in [1.165, 1.54) is 27.9 Å². The minimum absolute atomic E-state index is 1.03. The molecule has 3 nitrogen and oxygen atoms in total. The van der Waals surface area contributed by atoms with Gasteiger partial charge in [-0.05, 0) is 18.1 Å². The van der Waals surface area contributed by atoms with Crippen LogP contribution >= 0.6 is 0 Å². The molecule has 0 bridgehead atoms.